The number of thiazole rings is 1. The van der Waals surface area contributed by atoms with E-state index in [0.717, 1.165) is 23.1 Å². The van der Waals surface area contributed by atoms with Gasteiger partial charge in [-0.15, -0.1) is 0 Å². The number of nitrogens with one attached hydrogen (secondary N) is 1. The average molecular weight is 291 g/mol. The molecule has 1 aromatic carbocycles. The molecule has 1 saturated carbocycles. The van der Waals surface area contributed by atoms with Gasteiger partial charge in [0.25, 0.3) is 0 Å². The summed E-state index contributed by atoms with van der Waals surface area (Å²) in [4.78, 5) is 18.5. The third kappa shape index (κ3) is 3.15. The maximum absolute atomic E-state index is 12.0. The number of carbonyl (C=O) groups is 1. The first-order valence-electron chi connectivity index (χ1n) is 6.76. The zero-order valence-electron chi connectivity index (χ0n) is 11.1. The van der Waals surface area contributed by atoms with Crippen molar-refractivity contribution in [1.82, 2.24) is 9.88 Å². The summed E-state index contributed by atoms with van der Waals surface area (Å²) in [5, 5.41) is 12.5. The summed E-state index contributed by atoms with van der Waals surface area (Å²) in [6.07, 6.45) is 2.24. The van der Waals surface area contributed by atoms with E-state index in [2.05, 4.69) is 10.3 Å². The van der Waals surface area contributed by atoms with E-state index in [1.807, 2.05) is 29.2 Å². The van der Waals surface area contributed by atoms with Crippen LogP contribution in [-0.4, -0.2) is 46.6 Å². The van der Waals surface area contributed by atoms with Crippen LogP contribution < -0.4 is 5.32 Å². The molecule has 106 valence electrons. The van der Waals surface area contributed by atoms with Gasteiger partial charge in [-0.05, 0) is 25.0 Å². The number of hydrogen-bond donors (Lipinski definition) is 2. The zero-order valence-corrected chi connectivity index (χ0v) is 11.9. The number of carbonyl (C=O) groups excluding carboxylic acids is 1. The van der Waals surface area contributed by atoms with Crippen molar-refractivity contribution in [1.29, 1.82) is 0 Å². The van der Waals surface area contributed by atoms with Crippen LogP contribution in [0.4, 0.5) is 5.13 Å². The van der Waals surface area contributed by atoms with Gasteiger partial charge in [0.05, 0.1) is 23.4 Å². The molecule has 1 amide bonds. The Hall–Kier alpha value is -1.50. The molecule has 5 nitrogen and oxygen atoms in total. The van der Waals surface area contributed by atoms with E-state index in [9.17, 15) is 4.79 Å². The van der Waals surface area contributed by atoms with Crippen LogP contribution >= 0.6 is 11.3 Å². The number of amides is 1. The lowest BCUT2D eigenvalue weighted by Gasteiger charge is -2.19. The SMILES string of the molecule is O=C(CN(CCO)C1CC1)Nc1nc2ccccc2s1. The number of aromatic nitrogens is 1. The average Bonchev–Trinajstić information content (AvgIpc) is 3.19. The first-order chi connectivity index (χ1) is 9.76. The molecule has 0 spiro atoms. The first-order valence-corrected chi connectivity index (χ1v) is 7.58. The second-order valence-corrected chi connectivity index (χ2v) is 5.99. The van der Waals surface area contributed by atoms with Gasteiger partial charge in [-0.25, -0.2) is 4.98 Å². The molecule has 0 saturated heterocycles. The molecule has 1 aliphatic rings. The first kappa shape index (κ1) is 13.5. The number of rotatable bonds is 6. The summed E-state index contributed by atoms with van der Waals surface area (Å²) in [5.41, 5.74) is 0.905. The zero-order chi connectivity index (χ0) is 13.9. The maximum atomic E-state index is 12.0. The van der Waals surface area contributed by atoms with Crippen molar-refractivity contribution >= 4 is 32.6 Å². The number of nitrogens with zero attached hydrogens (tertiary/aromatic N) is 2. The highest BCUT2D eigenvalue weighted by Crippen LogP contribution is 2.27. The molecule has 0 bridgehead atoms. The molecule has 0 unspecified atom stereocenters. The molecular formula is C14H17N3O2S. The van der Waals surface area contributed by atoms with E-state index < -0.39 is 0 Å². The minimum Gasteiger partial charge on any atom is -0.395 e. The van der Waals surface area contributed by atoms with Gasteiger partial charge in [-0.2, -0.15) is 0 Å². The highest BCUT2D eigenvalue weighted by atomic mass is 32.1. The van der Waals surface area contributed by atoms with Crippen molar-refractivity contribution in [3.8, 4) is 0 Å². The Morgan fingerprint density at radius 3 is 2.95 bits per heavy atom. The van der Waals surface area contributed by atoms with Gasteiger partial charge < -0.3 is 10.4 Å². The van der Waals surface area contributed by atoms with E-state index in [1.165, 1.54) is 11.3 Å². The monoisotopic (exact) mass is 291 g/mol. The Kier molecular flexibility index (Phi) is 3.95. The fraction of sp³-hybridized carbons (Fsp3) is 0.429. The van der Waals surface area contributed by atoms with E-state index >= 15 is 0 Å². The molecule has 2 aromatic rings. The van der Waals surface area contributed by atoms with E-state index in [4.69, 9.17) is 5.11 Å². The largest absolute Gasteiger partial charge is 0.395 e. The predicted molar refractivity (Wildman–Crippen MR) is 79.9 cm³/mol. The van der Waals surface area contributed by atoms with Crippen molar-refractivity contribution in [2.45, 2.75) is 18.9 Å². The van der Waals surface area contributed by atoms with Crippen LogP contribution in [0.2, 0.25) is 0 Å². The molecule has 1 aromatic heterocycles. The Morgan fingerprint density at radius 1 is 1.45 bits per heavy atom. The minimum atomic E-state index is -0.0654. The van der Waals surface area contributed by atoms with Crippen molar-refractivity contribution in [3.63, 3.8) is 0 Å². The lowest BCUT2D eigenvalue weighted by Crippen LogP contribution is -2.36. The van der Waals surface area contributed by atoms with Crippen LogP contribution in [0.15, 0.2) is 24.3 Å². The Labute approximate surface area is 121 Å². The van der Waals surface area contributed by atoms with Gasteiger partial charge in [-0.1, -0.05) is 23.5 Å². The predicted octanol–water partition coefficient (Wildman–Crippen LogP) is 1.69. The van der Waals surface area contributed by atoms with E-state index in [0.29, 0.717) is 24.3 Å². The van der Waals surface area contributed by atoms with Crippen molar-refractivity contribution < 1.29 is 9.90 Å². The summed E-state index contributed by atoms with van der Waals surface area (Å²) in [7, 11) is 0. The fourth-order valence-electron chi connectivity index (χ4n) is 2.23. The molecule has 0 atom stereocenters. The smallest absolute Gasteiger partial charge is 0.240 e. The van der Waals surface area contributed by atoms with Gasteiger partial charge in [-0.3, -0.25) is 9.69 Å². The highest BCUT2D eigenvalue weighted by Gasteiger charge is 2.29. The molecule has 0 aliphatic heterocycles. The molecule has 3 rings (SSSR count). The van der Waals surface area contributed by atoms with Crippen molar-refractivity contribution in [2.24, 2.45) is 0 Å². The normalized spacial score (nSPS) is 14.9. The van der Waals surface area contributed by atoms with E-state index in [1.54, 1.807) is 0 Å². The molecule has 1 fully saturated rings. The second kappa shape index (κ2) is 5.87. The van der Waals surface area contributed by atoms with Gasteiger partial charge in [0.15, 0.2) is 5.13 Å². The molecular weight excluding hydrogens is 274 g/mol. The standard InChI is InChI=1S/C14H17N3O2S/c18-8-7-17(10-5-6-10)9-13(19)16-14-15-11-3-1-2-4-12(11)20-14/h1-4,10,18H,5-9H2,(H,15,16,19). The van der Waals surface area contributed by atoms with Gasteiger partial charge >= 0.3 is 0 Å². The Balaban J connectivity index is 1.62. The number of para-hydroxylation sites is 1. The minimum absolute atomic E-state index is 0.0654. The summed E-state index contributed by atoms with van der Waals surface area (Å²) in [6, 6.07) is 8.28. The molecule has 6 heteroatoms. The maximum Gasteiger partial charge on any atom is 0.240 e. The van der Waals surface area contributed by atoms with Crippen LogP contribution in [0.5, 0.6) is 0 Å². The Morgan fingerprint density at radius 2 is 2.25 bits per heavy atom. The lowest BCUT2D eigenvalue weighted by atomic mass is 10.3. The molecule has 2 N–H and O–H groups in total. The quantitative estimate of drug-likeness (QED) is 0.850. The molecule has 20 heavy (non-hydrogen) atoms. The summed E-state index contributed by atoms with van der Waals surface area (Å²) in [5.74, 6) is -0.0654. The summed E-state index contributed by atoms with van der Waals surface area (Å²) >= 11 is 1.48. The van der Waals surface area contributed by atoms with Gasteiger partial charge in [0.2, 0.25) is 5.91 Å². The highest BCUT2D eigenvalue weighted by molar-refractivity contribution is 7.22. The number of hydrogen-bond acceptors (Lipinski definition) is 5. The topological polar surface area (TPSA) is 65.5 Å². The van der Waals surface area contributed by atoms with Crippen molar-refractivity contribution in [2.75, 3.05) is 25.0 Å². The Bertz CT molecular complexity index is 576. The number of aliphatic hydroxyl groups is 1. The third-order valence-electron chi connectivity index (χ3n) is 3.34. The van der Waals surface area contributed by atoms with Crippen LogP contribution in [0, 0.1) is 0 Å². The third-order valence-corrected chi connectivity index (χ3v) is 4.29. The number of anilines is 1. The number of benzene rings is 1. The second-order valence-electron chi connectivity index (χ2n) is 4.96. The molecule has 1 aliphatic carbocycles. The molecule has 0 radical (unpaired) electrons. The molecule has 1 heterocycles. The van der Waals surface area contributed by atoms with Crippen LogP contribution in [0.1, 0.15) is 12.8 Å². The van der Waals surface area contributed by atoms with E-state index in [-0.39, 0.29) is 12.5 Å². The van der Waals surface area contributed by atoms with Gasteiger partial charge in [0, 0.05) is 12.6 Å². The lowest BCUT2D eigenvalue weighted by molar-refractivity contribution is -0.117. The summed E-state index contributed by atoms with van der Waals surface area (Å²) < 4.78 is 1.07. The van der Waals surface area contributed by atoms with Gasteiger partial charge in [0.1, 0.15) is 0 Å². The van der Waals surface area contributed by atoms with Crippen LogP contribution in [0.25, 0.3) is 10.2 Å². The van der Waals surface area contributed by atoms with Crippen molar-refractivity contribution in [3.05, 3.63) is 24.3 Å². The number of fused-ring (bicyclic) bond motifs is 1. The van der Waals surface area contributed by atoms with Crippen LogP contribution in [0.3, 0.4) is 0 Å². The summed E-state index contributed by atoms with van der Waals surface area (Å²) in [6.45, 7) is 0.962. The fourth-order valence-corrected chi connectivity index (χ4v) is 3.11. The number of aliphatic hydroxyl groups excluding tert-OH is 1. The van der Waals surface area contributed by atoms with Crippen LogP contribution in [-0.2, 0) is 4.79 Å².